The molecule has 0 heterocycles. The van der Waals surface area contributed by atoms with Crippen molar-refractivity contribution in [2.45, 2.75) is 51.5 Å². The van der Waals surface area contributed by atoms with E-state index in [1.165, 1.54) is 48.4 Å². The molecule has 2 rings (SSSR count). The summed E-state index contributed by atoms with van der Waals surface area (Å²) in [4.78, 5) is 0. The Labute approximate surface area is 116 Å². The van der Waals surface area contributed by atoms with Crippen molar-refractivity contribution in [3.63, 3.8) is 0 Å². The van der Waals surface area contributed by atoms with Crippen molar-refractivity contribution < 1.29 is 0 Å². The molecular weight excluding hydrogens is 230 g/mol. The Hall–Kier alpha value is -1.34. The Morgan fingerprint density at radius 2 is 1.63 bits per heavy atom. The lowest BCUT2D eigenvalue weighted by Gasteiger charge is -2.14. The second kappa shape index (κ2) is 7.30. The lowest BCUT2D eigenvalue weighted by molar-refractivity contribution is 0.557. The summed E-state index contributed by atoms with van der Waals surface area (Å²) in [5.41, 5.74) is 7.68. The normalized spacial score (nSPS) is 12.7. The van der Waals surface area contributed by atoms with Crippen molar-refractivity contribution in [3.8, 4) is 0 Å². The highest BCUT2D eigenvalue weighted by Crippen LogP contribution is 2.26. The van der Waals surface area contributed by atoms with Gasteiger partial charge in [0.2, 0.25) is 0 Å². The van der Waals surface area contributed by atoms with E-state index in [2.05, 4.69) is 49.4 Å². The minimum absolute atomic E-state index is 0.174. The molecule has 0 radical (unpaired) electrons. The molecule has 1 atom stereocenters. The van der Waals surface area contributed by atoms with Gasteiger partial charge in [-0.25, -0.2) is 0 Å². The smallest absolute Gasteiger partial charge is 0.0301 e. The first-order chi connectivity index (χ1) is 9.33. The van der Waals surface area contributed by atoms with Crippen molar-refractivity contribution in [2.75, 3.05) is 0 Å². The first kappa shape index (κ1) is 14.1. The molecule has 2 N–H and O–H groups in total. The Kier molecular flexibility index (Phi) is 5.41. The quantitative estimate of drug-likeness (QED) is 0.676. The van der Waals surface area contributed by atoms with Gasteiger partial charge in [0.15, 0.2) is 0 Å². The van der Waals surface area contributed by atoms with Gasteiger partial charge in [0.05, 0.1) is 0 Å². The molecule has 2 aromatic carbocycles. The number of rotatable bonds is 7. The van der Waals surface area contributed by atoms with Crippen molar-refractivity contribution in [3.05, 3.63) is 48.0 Å². The molecule has 1 unspecified atom stereocenters. The Bertz CT molecular complexity index is 499. The van der Waals surface area contributed by atoms with Gasteiger partial charge in [-0.1, -0.05) is 81.5 Å². The van der Waals surface area contributed by atoms with Crippen LogP contribution < -0.4 is 5.73 Å². The van der Waals surface area contributed by atoms with Crippen LogP contribution in [-0.4, -0.2) is 0 Å². The average molecular weight is 255 g/mol. The highest BCUT2D eigenvalue weighted by molar-refractivity contribution is 5.86. The van der Waals surface area contributed by atoms with Gasteiger partial charge in [-0.3, -0.25) is 0 Å². The highest BCUT2D eigenvalue weighted by Gasteiger charge is 2.08. The van der Waals surface area contributed by atoms with Gasteiger partial charge in [-0.05, 0) is 22.8 Å². The summed E-state index contributed by atoms with van der Waals surface area (Å²) in [6, 6.07) is 15.2. The zero-order chi connectivity index (χ0) is 13.5. The van der Waals surface area contributed by atoms with Gasteiger partial charge in [0.25, 0.3) is 0 Å². The van der Waals surface area contributed by atoms with E-state index in [0.717, 1.165) is 6.42 Å². The molecule has 0 amide bonds. The van der Waals surface area contributed by atoms with E-state index in [-0.39, 0.29) is 6.04 Å². The van der Waals surface area contributed by atoms with Crippen LogP contribution in [0.5, 0.6) is 0 Å². The Morgan fingerprint density at radius 3 is 2.47 bits per heavy atom. The summed E-state index contributed by atoms with van der Waals surface area (Å²) in [5.74, 6) is 0. The molecule has 0 aliphatic heterocycles. The molecule has 102 valence electrons. The number of fused-ring (bicyclic) bond motifs is 1. The van der Waals surface area contributed by atoms with Crippen molar-refractivity contribution in [2.24, 2.45) is 5.73 Å². The van der Waals surface area contributed by atoms with E-state index in [1.807, 2.05) is 0 Å². The monoisotopic (exact) mass is 255 g/mol. The topological polar surface area (TPSA) is 26.0 Å². The second-order valence-electron chi connectivity index (χ2n) is 5.38. The number of hydrogen-bond donors (Lipinski definition) is 1. The van der Waals surface area contributed by atoms with Crippen LogP contribution >= 0.6 is 0 Å². The molecule has 0 fully saturated rings. The van der Waals surface area contributed by atoms with E-state index in [9.17, 15) is 0 Å². The summed E-state index contributed by atoms with van der Waals surface area (Å²) < 4.78 is 0. The van der Waals surface area contributed by atoms with Gasteiger partial charge in [0, 0.05) is 6.04 Å². The first-order valence-electron chi connectivity index (χ1n) is 7.56. The van der Waals surface area contributed by atoms with Crippen molar-refractivity contribution >= 4 is 10.8 Å². The second-order valence-corrected chi connectivity index (χ2v) is 5.38. The summed E-state index contributed by atoms with van der Waals surface area (Å²) in [6.07, 6.45) is 7.64. The Balaban J connectivity index is 1.99. The van der Waals surface area contributed by atoms with Crippen LogP contribution in [0.4, 0.5) is 0 Å². The molecule has 0 saturated heterocycles. The number of nitrogens with two attached hydrogens (primary N) is 1. The first-order valence-corrected chi connectivity index (χ1v) is 7.56. The maximum atomic E-state index is 6.38. The van der Waals surface area contributed by atoms with Crippen LogP contribution in [-0.2, 0) is 0 Å². The molecule has 0 aromatic heterocycles. The van der Waals surface area contributed by atoms with Gasteiger partial charge in [-0.2, -0.15) is 0 Å². The zero-order valence-electron chi connectivity index (χ0n) is 11.9. The van der Waals surface area contributed by atoms with E-state index < -0.39 is 0 Å². The SMILES string of the molecule is CCCCCCCC(N)c1cccc2ccccc12. The van der Waals surface area contributed by atoms with E-state index in [1.54, 1.807) is 0 Å². The van der Waals surface area contributed by atoms with E-state index >= 15 is 0 Å². The van der Waals surface area contributed by atoms with Crippen LogP contribution in [0.1, 0.15) is 57.1 Å². The van der Waals surface area contributed by atoms with Crippen molar-refractivity contribution in [1.82, 2.24) is 0 Å². The third kappa shape index (κ3) is 3.81. The third-order valence-electron chi connectivity index (χ3n) is 3.84. The van der Waals surface area contributed by atoms with Crippen LogP contribution in [0.3, 0.4) is 0 Å². The summed E-state index contributed by atoms with van der Waals surface area (Å²) in [6.45, 7) is 2.25. The number of hydrogen-bond acceptors (Lipinski definition) is 1. The number of unbranched alkanes of at least 4 members (excludes halogenated alkanes) is 4. The van der Waals surface area contributed by atoms with E-state index in [4.69, 9.17) is 5.73 Å². The minimum atomic E-state index is 0.174. The maximum absolute atomic E-state index is 6.38. The fraction of sp³-hybridized carbons (Fsp3) is 0.444. The lowest BCUT2D eigenvalue weighted by Crippen LogP contribution is -2.10. The predicted octanol–water partition coefficient (Wildman–Crippen LogP) is 5.20. The van der Waals surface area contributed by atoms with Crippen LogP contribution in [0, 0.1) is 0 Å². The molecule has 0 saturated carbocycles. The molecule has 0 spiro atoms. The van der Waals surface area contributed by atoms with Crippen LogP contribution in [0.25, 0.3) is 10.8 Å². The minimum Gasteiger partial charge on any atom is -0.324 e. The van der Waals surface area contributed by atoms with Gasteiger partial charge in [0.1, 0.15) is 0 Å². The average Bonchev–Trinajstić information content (AvgIpc) is 2.46. The summed E-state index contributed by atoms with van der Waals surface area (Å²) in [5, 5.41) is 2.60. The molecule has 2 aromatic rings. The lowest BCUT2D eigenvalue weighted by atomic mass is 9.95. The standard InChI is InChI=1S/C18H25N/c1-2-3-4-5-6-14-18(19)17-13-9-11-15-10-7-8-12-16(15)17/h7-13,18H,2-6,14,19H2,1H3. The molecule has 1 heteroatoms. The molecule has 0 bridgehead atoms. The van der Waals surface area contributed by atoms with Gasteiger partial charge >= 0.3 is 0 Å². The summed E-state index contributed by atoms with van der Waals surface area (Å²) in [7, 11) is 0. The van der Waals surface area contributed by atoms with Gasteiger partial charge < -0.3 is 5.73 Å². The fourth-order valence-corrected chi connectivity index (χ4v) is 2.70. The largest absolute Gasteiger partial charge is 0.324 e. The fourth-order valence-electron chi connectivity index (χ4n) is 2.70. The third-order valence-corrected chi connectivity index (χ3v) is 3.84. The van der Waals surface area contributed by atoms with Crippen molar-refractivity contribution in [1.29, 1.82) is 0 Å². The maximum Gasteiger partial charge on any atom is 0.0301 e. The number of benzene rings is 2. The molecular formula is C18H25N. The Morgan fingerprint density at radius 1 is 0.895 bits per heavy atom. The van der Waals surface area contributed by atoms with Crippen LogP contribution in [0.15, 0.2) is 42.5 Å². The van der Waals surface area contributed by atoms with Gasteiger partial charge in [-0.15, -0.1) is 0 Å². The predicted molar refractivity (Wildman–Crippen MR) is 84.3 cm³/mol. The summed E-state index contributed by atoms with van der Waals surface area (Å²) >= 11 is 0. The molecule has 0 aliphatic carbocycles. The highest BCUT2D eigenvalue weighted by atomic mass is 14.6. The molecule has 19 heavy (non-hydrogen) atoms. The van der Waals surface area contributed by atoms with E-state index in [0.29, 0.717) is 0 Å². The zero-order valence-corrected chi connectivity index (χ0v) is 11.9. The van der Waals surface area contributed by atoms with Crippen LogP contribution in [0.2, 0.25) is 0 Å². The molecule has 0 aliphatic rings. The molecule has 1 nitrogen and oxygen atoms in total.